The average Bonchev–Trinajstić information content (AvgIpc) is 2.94. The van der Waals surface area contributed by atoms with E-state index >= 15 is 0 Å². The molecular formula is C19H19FN2O. The highest BCUT2D eigenvalue weighted by Gasteiger charge is 2.43. The average molecular weight is 310 g/mol. The van der Waals surface area contributed by atoms with Gasteiger partial charge in [0.05, 0.1) is 17.6 Å². The molecule has 2 aromatic rings. The minimum atomic E-state index is -0.248. The van der Waals surface area contributed by atoms with Crippen LogP contribution in [0.4, 0.5) is 4.39 Å². The molecule has 2 aliphatic carbocycles. The van der Waals surface area contributed by atoms with Crippen molar-refractivity contribution in [2.75, 3.05) is 0 Å². The first-order chi connectivity index (χ1) is 11.1. The van der Waals surface area contributed by atoms with Crippen LogP contribution in [0.2, 0.25) is 0 Å². The van der Waals surface area contributed by atoms with Gasteiger partial charge in [-0.2, -0.15) is 5.10 Å². The summed E-state index contributed by atoms with van der Waals surface area (Å²) >= 11 is 0. The number of benzene rings is 1. The van der Waals surface area contributed by atoms with Crippen LogP contribution in [0.3, 0.4) is 0 Å². The molecule has 0 bridgehead atoms. The van der Waals surface area contributed by atoms with Crippen LogP contribution in [-0.2, 0) is 11.2 Å². The minimum Gasteiger partial charge on any atom is -0.303 e. The lowest BCUT2D eigenvalue weighted by molar-refractivity contribution is -0.114. The number of carbonyl (C=O) groups is 1. The minimum absolute atomic E-state index is 0.0797. The highest BCUT2D eigenvalue weighted by molar-refractivity contribution is 5.66. The summed E-state index contributed by atoms with van der Waals surface area (Å²) in [5.74, 6) is -0.161. The Balaban J connectivity index is 1.80. The van der Waals surface area contributed by atoms with Gasteiger partial charge in [0.25, 0.3) is 0 Å². The van der Waals surface area contributed by atoms with Crippen molar-refractivity contribution in [2.45, 2.75) is 32.6 Å². The van der Waals surface area contributed by atoms with Crippen molar-refractivity contribution in [3.63, 3.8) is 0 Å². The van der Waals surface area contributed by atoms with Gasteiger partial charge in [-0.05, 0) is 61.6 Å². The van der Waals surface area contributed by atoms with Gasteiger partial charge in [-0.15, -0.1) is 0 Å². The van der Waals surface area contributed by atoms with Gasteiger partial charge in [-0.25, -0.2) is 9.07 Å². The molecule has 0 amide bonds. The second-order valence-corrected chi connectivity index (χ2v) is 6.84. The first-order valence-electron chi connectivity index (χ1n) is 8.11. The van der Waals surface area contributed by atoms with Gasteiger partial charge in [0.15, 0.2) is 0 Å². The fraction of sp³-hybridized carbons (Fsp3) is 0.368. The Hall–Kier alpha value is -2.23. The number of carbonyl (C=O) groups excluding carboxylic acids is 1. The van der Waals surface area contributed by atoms with Gasteiger partial charge >= 0.3 is 0 Å². The molecule has 1 heterocycles. The molecule has 2 atom stereocenters. The highest BCUT2D eigenvalue weighted by Crippen LogP contribution is 2.50. The Morgan fingerprint density at radius 1 is 1.35 bits per heavy atom. The first-order valence-corrected chi connectivity index (χ1v) is 8.11. The number of hydrogen-bond donors (Lipinski definition) is 0. The summed E-state index contributed by atoms with van der Waals surface area (Å²) < 4.78 is 15.0. The number of halogens is 1. The molecule has 0 N–H and O–H groups in total. The van der Waals surface area contributed by atoms with Crippen molar-refractivity contribution in [2.24, 2.45) is 11.3 Å². The molecule has 4 rings (SSSR count). The molecule has 2 aliphatic rings. The zero-order chi connectivity index (χ0) is 16.0. The third-order valence-corrected chi connectivity index (χ3v) is 5.50. The van der Waals surface area contributed by atoms with Crippen LogP contribution in [0.15, 0.2) is 36.0 Å². The largest absolute Gasteiger partial charge is 0.303 e. The van der Waals surface area contributed by atoms with Crippen LogP contribution in [0, 0.1) is 17.2 Å². The molecule has 0 aliphatic heterocycles. The van der Waals surface area contributed by atoms with Crippen LogP contribution in [0.1, 0.15) is 37.4 Å². The van der Waals surface area contributed by atoms with E-state index in [1.165, 1.54) is 17.7 Å². The fourth-order valence-corrected chi connectivity index (χ4v) is 4.09. The number of rotatable bonds is 2. The number of allylic oxidation sites excluding steroid dienone is 1. The van der Waals surface area contributed by atoms with Crippen molar-refractivity contribution < 1.29 is 9.18 Å². The first kappa shape index (κ1) is 14.4. The third-order valence-electron chi connectivity index (χ3n) is 5.50. The number of hydrogen-bond acceptors (Lipinski definition) is 2. The van der Waals surface area contributed by atoms with E-state index in [4.69, 9.17) is 0 Å². The Morgan fingerprint density at radius 3 is 2.87 bits per heavy atom. The van der Waals surface area contributed by atoms with E-state index in [2.05, 4.69) is 18.1 Å². The lowest BCUT2D eigenvalue weighted by Crippen LogP contribution is -2.37. The van der Waals surface area contributed by atoms with E-state index < -0.39 is 0 Å². The highest BCUT2D eigenvalue weighted by atomic mass is 19.1. The van der Waals surface area contributed by atoms with Crippen molar-refractivity contribution in [1.29, 1.82) is 0 Å². The normalized spacial score (nSPS) is 26.2. The molecule has 1 aromatic carbocycles. The second kappa shape index (κ2) is 5.15. The summed E-state index contributed by atoms with van der Waals surface area (Å²) in [7, 11) is 0. The van der Waals surface area contributed by atoms with Gasteiger partial charge < -0.3 is 4.79 Å². The molecule has 4 heteroatoms. The summed E-state index contributed by atoms with van der Waals surface area (Å²) in [6.45, 7) is 2.20. The van der Waals surface area contributed by atoms with E-state index in [9.17, 15) is 9.18 Å². The van der Waals surface area contributed by atoms with E-state index in [1.54, 1.807) is 12.1 Å². The summed E-state index contributed by atoms with van der Waals surface area (Å²) in [6.07, 6.45) is 9.12. The van der Waals surface area contributed by atoms with E-state index in [0.29, 0.717) is 0 Å². The standard InChI is InChI=1S/C19H19FN2O/c1-19-10-13-11-21-22(17-7-5-16(20)6-8-17)18(13)9-14(19)3-2-4-15(19)12-23/h5-9,11-12,15H,2-4,10H2,1H3. The summed E-state index contributed by atoms with van der Waals surface area (Å²) in [5.41, 5.74) is 4.35. The number of fused-ring (bicyclic) bond motifs is 2. The van der Waals surface area contributed by atoms with Gasteiger partial charge in [0.2, 0.25) is 0 Å². The zero-order valence-electron chi connectivity index (χ0n) is 13.1. The van der Waals surface area contributed by atoms with Crippen molar-refractivity contribution >= 4 is 12.4 Å². The van der Waals surface area contributed by atoms with Crippen LogP contribution in [0.5, 0.6) is 0 Å². The molecule has 2 unspecified atom stereocenters. The van der Waals surface area contributed by atoms with Crippen LogP contribution in [0.25, 0.3) is 11.8 Å². The van der Waals surface area contributed by atoms with Crippen LogP contribution < -0.4 is 0 Å². The van der Waals surface area contributed by atoms with Gasteiger partial charge in [0.1, 0.15) is 12.1 Å². The summed E-state index contributed by atoms with van der Waals surface area (Å²) in [4.78, 5) is 11.5. The molecule has 0 saturated heterocycles. The summed E-state index contributed by atoms with van der Waals surface area (Å²) in [6, 6.07) is 6.38. The van der Waals surface area contributed by atoms with Crippen LogP contribution in [-0.4, -0.2) is 16.1 Å². The predicted octanol–water partition coefficient (Wildman–Crippen LogP) is 3.96. The topological polar surface area (TPSA) is 34.9 Å². The third kappa shape index (κ3) is 2.16. The lowest BCUT2D eigenvalue weighted by atomic mass is 9.60. The Labute approximate surface area is 134 Å². The molecule has 23 heavy (non-hydrogen) atoms. The SMILES string of the molecule is CC12Cc3cnn(-c4ccc(F)cc4)c3C=C1CCCC2C=O. The molecule has 0 radical (unpaired) electrons. The summed E-state index contributed by atoms with van der Waals surface area (Å²) in [5, 5.41) is 4.50. The fourth-order valence-electron chi connectivity index (χ4n) is 4.09. The van der Waals surface area contributed by atoms with Crippen molar-refractivity contribution in [3.8, 4) is 5.69 Å². The molecule has 0 spiro atoms. The molecule has 1 saturated carbocycles. The Morgan fingerprint density at radius 2 is 2.13 bits per heavy atom. The predicted molar refractivity (Wildman–Crippen MR) is 86.7 cm³/mol. The number of nitrogens with zero attached hydrogens (tertiary/aromatic N) is 2. The molecular weight excluding hydrogens is 291 g/mol. The van der Waals surface area contributed by atoms with Gasteiger partial charge in [-0.1, -0.05) is 12.5 Å². The Bertz CT molecular complexity index is 790. The van der Waals surface area contributed by atoms with Gasteiger partial charge in [-0.3, -0.25) is 0 Å². The van der Waals surface area contributed by atoms with Gasteiger partial charge in [0, 0.05) is 11.3 Å². The van der Waals surface area contributed by atoms with E-state index in [-0.39, 0.29) is 17.2 Å². The maximum atomic E-state index is 13.1. The monoisotopic (exact) mass is 310 g/mol. The van der Waals surface area contributed by atoms with Crippen LogP contribution >= 0.6 is 0 Å². The molecule has 1 fully saturated rings. The molecule has 3 nitrogen and oxygen atoms in total. The molecule has 1 aromatic heterocycles. The Kier molecular flexibility index (Phi) is 3.22. The second-order valence-electron chi connectivity index (χ2n) is 6.84. The van der Waals surface area contributed by atoms with Crippen molar-refractivity contribution in [3.05, 3.63) is 53.1 Å². The maximum absolute atomic E-state index is 13.1. The van der Waals surface area contributed by atoms with E-state index in [1.807, 2.05) is 10.9 Å². The number of aromatic nitrogens is 2. The maximum Gasteiger partial charge on any atom is 0.123 e. The van der Waals surface area contributed by atoms with E-state index in [0.717, 1.165) is 48.9 Å². The zero-order valence-corrected chi connectivity index (χ0v) is 13.1. The lowest BCUT2D eigenvalue weighted by Gasteiger charge is -2.43. The molecule has 118 valence electrons. The smallest absolute Gasteiger partial charge is 0.123 e. The quantitative estimate of drug-likeness (QED) is 0.787. The van der Waals surface area contributed by atoms with Crippen molar-refractivity contribution in [1.82, 2.24) is 9.78 Å². The number of aldehydes is 1.